The van der Waals surface area contributed by atoms with Crippen molar-refractivity contribution in [1.82, 2.24) is 4.90 Å². The molecule has 1 fully saturated rings. The van der Waals surface area contributed by atoms with Crippen molar-refractivity contribution in [2.24, 2.45) is 4.99 Å². The molecular weight excluding hydrogens is 390 g/mol. The van der Waals surface area contributed by atoms with Crippen molar-refractivity contribution in [1.29, 1.82) is 0 Å². The van der Waals surface area contributed by atoms with E-state index in [9.17, 15) is 9.59 Å². The van der Waals surface area contributed by atoms with E-state index in [1.165, 1.54) is 11.8 Å². The summed E-state index contributed by atoms with van der Waals surface area (Å²) in [5.41, 5.74) is 1.41. The summed E-state index contributed by atoms with van der Waals surface area (Å²) in [4.78, 5) is 31.4. The number of nitrogens with zero attached hydrogens (tertiary/aromatic N) is 2. The van der Waals surface area contributed by atoms with Crippen LogP contribution in [0, 0.1) is 0 Å². The predicted octanol–water partition coefficient (Wildman–Crippen LogP) is 3.30. The van der Waals surface area contributed by atoms with Crippen LogP contribution < -0.4 is 10.1 Å². The minimum atomic E-state index is -0.521. The molecule has 0 spiro atoms. The van der Waals surface area contributed by atoms with Crippen LogP contribution in [0.25, 0.3) is 0 Å². The molecule has 3 rings (SSSR count). The number of amidine groups is 1. The predicted molar refractivity (Wildman–Crippen MR) is 115 cm³/mol. The summed E-state index contributed by atoms with van der Waals surface area (Å²) in [6, 6.07) is 16.4. The first-order chi connectivity index (χ1) is 14.1. The first-order valence-electron chi connectivity index (χ1n) is 9.15. The smallest absolute Gasteiger partial charge is 0.242 e. The topological polar surface area (TPSA) is 80.2 Å². The van der Waals surface area contributed by atoms with Gasteiger partial charge in [0.2, 0.25) is 11.8 Å². The highest BCUT2D eigenvalue weighted by atomic mass is 32.2. The second-order valence-corrected chi connectivity index (χ2v) is 7.47. The Morgan fingerprint density at radius 2 is 1.86 bits per heavy atom. The van der Waals surface area contributed by atoms with Crippen LogP contribution in [-0.2, 0) is 14.3 Å². The second-order valence-electron chi connectivity index (χ2n) is 6.30. The summed E-state index contributed by atoms with van der Waals surface area (Å²) in [6.45, 7) is 0.769. The number of hydrogen-bond acceptors (Lipinski definition) is 6. The normalized spacial score (nSPS) is 17.6. The highest BCUT2D eigenvalue weighted by molar-refractivity contribution is 8.15. The number of rotatable bonds is 8. The first kappa shape index (κ1) is 20.9. The van der Waals surface area contributed by atoms with Crippen LogP contribution in [0.3, 0.4) is 0 Å². The molecule has 0 saturated carbocycles. The molecule has 2 aromatic carbocycles. The molecule has 152 valence electrons. The van der Waals surface area contributed by atoms with Gasteiger partial charge in [-0.2, -0.15) is 0 Å². The van der Waals surface area contributed by atoms with E-state index >= 15 is 0 Å². The summed E-state index contributed by atoms with van der Waals surface area (Å²) in [6.07, 6.45) is 0.0729. The third-order valence-corrected chi connectivity index (χ3v) is 5.44. The maximum atomic E-state index is 12.9. The molecule has 1 saturated heterocycles. The van der Waals surface area contributed by atoms with Crippen molar-refractivity contribution < 1.29 is 19.1 Å². The van der Waals surface area contributed by atoms with Gasteiger partial charge in [-0.05, 0) is 36.4 Å². The number of amides is 2. The Morgan fingerprint density at radius 1 is 1.14 bits per heavy atom. The molecule has 0 radical (unpaired) electrons. The van der Waals surface area contributed by atoms with Gasteiger partial charge in [0.05, 0.1) is 25.9 Å². The largest absolute Gasteiger partial charge is 0.497 e. The summed E-state index contributed by atoms with van der Waals surface area (Å²) >= 11 is 1.30. The van der Waals surface area contributed by atoms with Gasteiger partial charge in [-0.1, -0.05) is 30.0 Å². The van der Waals surface area contributed by atoms with Crippen LogP contribution in [0.5, 0.6) is 5.75 Å². The van der Waals surface area contributed by atoms with E-state index in [-0.39, 0.29) is 18.2 Å². The van der Waals surface area contributed by atoms with Gasteiger partial charge in [0.25, 0.3) is 0 Å². The highest BCUT2D eigenvalue weighted by Crippen LogP contribution is 2.32. The standard InChI is InChI=1S/C21H23N3O4S/c1-27-13-12-24-20(26)18(14-19(25)22-15-6-4-3-5-7-15)29-21(24)23-16-8-10-17(28-2)11-9-16/h3-11,18H,12-14H2,1-2H3,(H,22,25)/t18-/m1/s1. The molecule has 2 amide bonds. The number of nitrogens with one attached hydrogen (secondary N) is 1. The van der Waals surface area contributed by atoms with Crippen LogP contribution in [0.4, 0.5) is 11.4 Å². The van der Waals surface area contributed by atoms with Crippen molar-refractivity contribution >= 4 is 40.1 Å². The molecule has 1 heterocycles. The Morgan fingerprint density at radius 3 is 2.52 bits per heavy atom. The van der Waals surface area contributed by atoms with Crippen molar-refractivity contribution in [3.8, 4) is 5.75 Å². The molecule has 0 aliphatic carbocycles. The van der Waals surface area contributed by atoms with E-state index in [1.54, 1.807) is 19.1 Å². The number of anilines is 1. The number of benzene rings is 2. The molecule has 1 aliphatic rings. The molecule has 0 bridgehead atoms. The maximum Gasteiger partial charge on any atom is 0.242 e. The number of carbonyl (C=O) groups is 2. The van der Waals surface area contributed by atoms with Crippen LogP contribution in [0.15, 0.2) is 59.6 Å². The van der Waals surface area contributed by atoms with Crippen molar-refractivity contribution in [3.05, 3.63) is 54.6 Å². The van der Waals surface area contributed by atoms with E-state index in [1.807, 2.05) is 54.6 Å². The maximum absolute atomic E-state index is 12.9. The van der Waals surface area contributed by atoms with E-state index in [4.69, 9.17) is 9.47 Å². The van der Waals surface area contributed by atoms with Crippen molar-refractivity contribution in [2.75, 3.05) is 32.7 Å². The molecule has 7 nitrogen and oxygen atoms in total. The van der Waals surface area contributed by atoms with Crippen LogP contribution in [0.1, 0.15) is 6.42 Å². The Labute approximate surface area is 174 Å². The number of para-hydroxylation sites is 1. The second kappa shape index (κ2) is 10.1. The lowest BCUT2D eigenvalue weighted by Crippen LogP contribution is -2.35. The van der Waals surface area contributed by atoms with Gasteiger partial charge >= 0.3 is 0 Å². The number of aliphatic imine (C=N–C) groups is 1. The molecule has 8 heteroatoms. The highest BCUT2D eigenvalue weighted by Gasteiger charge is 2.39. The van der Waals surface area contributed by atoms with Gasteiger partial charge in [-0.15, -0.1) is 0 Å². The lowest BCUT2D eigenvalue weighted by atomic mass is 10.2. The minimum absolute atomic E-state index is 0.0729. The van der Waals surface area contributed by atoms with Gasteiger partial charge in [-0.25, -0.2) is 4.99 Å². The van der Waals surface area contributed by atoms with E-state index in [2.05, 4.69) is 10.3 Å². The third kappa shape index (κ3) is 5.58. The molecule has 0 aromatic heterocycles. The van der Waals surface area contributed by atoms with E-state index < -0.39 is 5.25 Å². The SMILES string of the molecule is COCCN1C(=O)[C@@H](CC(=O)Nc2ccccc2)SC1=Nc1ccc(OC)cc1. The van der Waals surface area contributed by atoms with Gasteiger partial charge in [0, 0.05) is 19.2 Å². The molecular formula is C21H23N3O4S. The number of hydrogen-bond donors (Lipinski definition) is 1. The lowest BCUT2D eigenvalue weighted by Gasteiger charge is -2.15. The van der Waals surface area contributed by atoms with Crippen LogP contribution in [-0.4, -0.2) is 54.5 Å². The average molecular weight is 413 g/mol. The fourth-order valence-electron chi connectivity index (χ4n) is 2.78. The number of ether oxygens (including phenoxy) is 2. The Balaban J connectivity index is 1.73. The van der Waals surface area contributed by atoms with E-state index in [0.29, 0.717) is 29.7 Å². The van der Waals surface area contributed by atoms with Gasteiger partial charge in [0.1, 0.15) is 11.0 Å². The van der Waals surface area contributed by atoms with Gasteiger partial charge < -0.3 is 14.8 Å². The fraction of sp³-hybridized carbons (Fsp3) is 0.286. The monoisotopic (exact) mass is 413 g/mol. The lowest BCUT2D eigenvalue weighted by molar-refractivity contribution is -0.128. The zero-order valence-electron chi connectivity index (χ0n) is 16.3. The number of methoxy groups -OCH3 is 2. The first-order valence-corrected chi connectivity index (χ1v) is 10.0. The van der Waals surface area contributed by atoms with Crippen LogP contribution in [0.2, 0.25) is 0 Å². The Kier molecular flexibility index (Phi) is 7.26. The summed E-state index contributed by atoms with van der Waals surface area (Å²) < 4.78 is 10.3. The van der Waals surface area contributed by atoms with Crippen LogP contribution >= 0.6 is 11.8 Å². The van der Waals surface area contributed by atoms with E-state index in [0.717, 1.165) is 5.75 Å². The molecule has 1 N–H and O–H groups in total. The van der Waals surface area contributed by atoms with Gasteiger partial charge in [0.15, 0.2) is 5.17 Å². The zero-order chi connectivity index (χ0) is 20.6. The molecule has 1 atom stereocenters. The molecule has 29 heavy (non-hydrogen) atoms. The quantitative estimate of drug-likeness (QED) is 0.718. The molecule has 1 aliphatic heterocycles. The van der Waals surface area contributed by atoms with Crippen molar-refractivity contribution in [3.63, 3.8) is 0 Å². The third-order valence-electron chi connectivity index (χ3n) is 4.26. The zero-order valence-corrected chi connectivity index (χ0v) is 17.1. The Hall–Kier alpha value is -2.84. The number of carbonyl (C=O) groups excluding carboxylic acids is 2. The number of thioether (sulfide) groups is 1. The molecule has 2 aromatic rings. The summed E-state index contributed by atoms with van der Waals surface area (Å²) in [5.74, 6) is 0.387. The van der Waals surface area contributed by atoms with Crippen molar-refractivity contribution in [2.45, 2.75) is 11.7 Å². The average Bonchev–Trinajstić information content (AvgIpc) is 3.01. The Bertz CT molecular complexity index is 871. The molecule has 0 unspecified atom stereocenters. The fourth-order valence-corrected chi connectivity index (χ4v) is 3.97. The van der Waals surface area contributed by atoms with Gasteiger partial charge in [-0.3, -0.25) is 14.5 Å². The minimum Gasteiger partial charge on any atom is -0.497 e. The summed E-state index contributed by atoms with van der Waals surface area (Å²) in [5, 5.41) is 2.87. The summed E-state index contributed by atoms with van der Waals surface area (Å²) in [7, 11) is 3.18.